The Kier molecular flexibility index (Phi) is 7.43. The summed E-state index contributed by atoms with van der Waals surface area (Å²) in [6, 6.07) is 4.74. The third-order valence-electron chi connectivity index (χ3n) is 8.77. The number of hydrogen-bond donors (Lipinski definition) is 3. The van der Waals surface area contributed by atoms with Gasteiger partial charge in [0.25, 0.3) is 11.9 Å². The number of carbonyl (C=O) groups is 1. The highest BCUT2D eigenvalue weighted by atomic mass is 35.5. The number of aryl methyl sites for hydroxylation is 1. The predicted octanol–water partition coefficient (Wildman–Crippen LogP) is 2.92. The van der Waals surface area contributed by atoms with Gasteiger partial charge in [0.15, 0.2) is 11.8 Å². The lowest BCUT2D eigenvalue weighted by Gasteiger charge is -2.22. The van der Waals surface area contributed by atoms with Gasteiger partial charge in [-0.15, -0.1) is 0 Å². The van der Waals surface area contributed by atoms with Crippen LogP contribution in [0, 0.1) is 5.82 Å². The monoisotopic (exact) mass is 600 g/mol. The lowest BCUT2D eigenvalue weighted by atomic mass is 10.0. The molecule has 7 rings (SSSR count). The van der Waals surface area contributed by atoms with E-state index in [9.17, 15) is 9.90 Å². The van der Waals surface area contributed by atoms with Crippen molar-refractivity contribution in [1.29, 1.82) is 0 Å². The van der Waals surface area contributed by atoms with E-state index >= 15 is 4.39 Å². The van der Waals surface area contributed by atoms with Crippen LogP contribution >= 0.6 is 11.6 Å². The molecule has 1 unspecified atom stereocenters. The lowest BCUT2D eigenvalue weighted by Crippen LogP contribution is -2.35. The maximum atomic E-state index is 15.5. The number of aromatic amines is 1. The Labute approximate surface area is 247 Å². The molecule has 3 aromatic rings. The van der Waals surface area contributed by atoms with Gasteiger partial charge in [0, 0.05) is 31.3 Å². The van der Waals surface area contributed by atoms with Crippen molar-refractivity contribution in [2.75, 3.05) is 51.8 Å². The summed E-state index contributed by atoms with van der Waals surface area (Å²) in [6.07, 6.45) is 1.80. The fourth-order valence-electron chi connectivity index (χ4n) is 6.51. The van der Waals surface area contributed by atoms with E-state index in [0.717, 1.165) is 25.2 Å². The third-order valence-corrected chi connectivity index (χ3v) is 9.06. The molecule has 3 fully saturated rings. The molecule has 13 heteroatoms. The first-order valence-electron chi connectivity index (χ1n) is 14.5. The number of aliphatic hydroxyl groups is 1. The number of imidazole rings is 1. The molecule has 1 aromatic carbocycles. The fraction of sp³-hybridized carbons (Fsp3) is 0.552. The van der Waals surface area contributed by atoms with Gasteiger partial charge in [-0.1, -0.05) is 11.6 Å². The van der Waals surface area contributed by atoms with E-state index in [0.29, 0.717) is 52.5 Å². The largest absolute Gasteiger partial charge is 0.456 e. The summed E-state index contributed by atoms with van der Waals surface area (Å²) >= 11 is 6.57. The van der Waals surface area contributed by atoms with E-state index in [1.807, 2.05) is 6.07 Å². The number of pyridine rings is 1. The van der Waals surface area contributed by atoms with Crippen LogP contribution < -0.4 is 10.1 Å². The van der Waals surface area contributed by atoms with Crippen LogP contribution in [-0.4, -0.2) is 107 Å². The average Bonchev–Trinajstić information content (AvgIpc) is 3.80. The van der Waals surface area contributed by atoms with Gasteiger partial charge in [0.2, 0.25) is 0 Å². The summed E-state index contributed by atoms with van der Waals surface area (Å²) in [6.45, 7) is 4.07. The highest BCUT2D eigenvalue weighted by molar-refractivity contribution is 6.33. The van der Waals surface area contributed by atoms with Crippen molar-refractivity contribution >= 4 is 34.5 Å². The van der Waals surface area contributed by atoms with Gasteiger partial charge in [-0.25, -0.2) is 9.37 Å². The fourth-order valence-corrected chi connectivity index (χ4v) is 6.72. The van der Waals surface area contributed by atoms with Crippen LogP contribution in [0.25, 0.3) is 11.2 Å². The summed E-state index contributed by atoms with van der Waals surface area (Å²) in [5, 5.41) is 13.6. The van der Waals surface area contributed by atoms with Crippen molar-refractivity contribution in [3.63, 3.8) is 0 Å². The zero-order valence-corrected chi connectivity index (χ0v) is 24.1. The first kappa shape index (κ1) is 27.8. The summed E-state index contributed by atoms with van der Waals surface area (Å²) < 4.78 is 32.7. The van der Waals surface area contributed by atoms with Gasteiger partial charge in [-0.3, -0.25) is 4.79 Å². The Morgan fingerprint density at radius 1 is 1.24 bits per heavy atom. The van der Waals surface area contributed by atoms with Gasteiger partial charge < -0.3 is 39.4 Å². The molecule has 2 aromatic heterocycles. The maximum absolute atomic E-state index is 15.5. The molecule has 0 spiro atoms. The number of anilines is 1. The molecule has 1 aliphatic carbocycles. The highest BCUT2D eigenvalue weighted by Gasteiger charge is 2.48. The van der Waals surface area contributed by atoms with E-state index in [1.54, 1.807) is 18.0 Å². The molecular weight excluding hydrogens is 567 g/mol. The number of halogens is 2. The summed E-state index contributed by atoms with van der Waals surface area (Å²) in [5.74, 6) is -0.204. The van der Waals surface area contributed by atoms with Crippen molar-refractivity contribution in [3.05, 3.63) is 45.7 Å². The van der Waals surface area contributed by atoms with Gasteiger partial charge in [-0.05, 0) is 62.5 Å². The zero-order chi connectivity index (χ0) is 29.0. The lowest BCUT2D eigenvalue weighted by molar-refractivity contribution is 0.00706. The first-order valence-corrected chi connectivity index (χ1v) is 14.9. The SMILES string of the molecule is CN(CCN1CCCC1)C(=O)c1cc(F)c2c(c1)CCC2Nc1nc2nc(O[C@@H]3CO[C@H]4[C@@H]3OC[C@H]4O)[nH]c2cc1Cl. The van der Waals surface area contributed by atoms with Gasteiger partial charge in [0.05, 0.1) is 29.8 Å². The normalized spacial score (nSPS) is 27.0. The number of nitrogens with zero attached hydrogens (tertiary/aromatic N) is 4. The summed E-state index contributed by atoms with van der Waals surface area (Å²) in [7, 11) is 1.77. The standard InChI is InChI=1S/C29H34ClFN6O5/c1-36(8-9-37-6-2-3-7-37)28(39)16-10-15-4-5-19(23(15)18(31)11-16)32-26-17(30)12-20-27(34-26)35-29(33-20)42-22-14-41-24-21(38)13-40-25(22)24/h10-12,19,21-22,24-25,38H,2-9,13-14H2,1H3,(H2,32,33,34,35)/t19?,21-,22-,24-,25-/m1/s1. The summed E-state index contributed by atoms with van der Waals surface area (Å²) in [4.78, 5) is 29.2. The minimum Gasteiger partial charge on any atom is -0.456 e. The number of hydrogen-bond acceptors (Lipinski definition) is 9. The van der Waals surface area contributed by atoms with E-state index < -0.39 is 24.1 Å². The molecule has 5 atom stereocenters. The Bertz CT molecular complexity index is 1500. The quantitative estimate of drug-likeness (QED) is 0.358. The second-order valence-electron chi connectivity index (χ2n) is 11.6. The number of aromatic nitrogens is 3. The second-order valence-corrected chi connectivity index (χ2v) is 12.0. The Morgan fingerprint density at radius 2 is 2.05 bits per heavy atom. The van der Waals surface area contributed by atoms with Gasteiger partial charge in [-0.2, -0.15) is 4.98 Å². The number of ether oxygens (including phenoxy) is 3. The molecule has 42 heavy (non-hydrogen) atoms. The molecule has 5 heterocycles. The Balaban J connectivity index is 1.04. The number of likely N-dealkylation sites (tertiary alicyclic amines) is 1. The van der Waals surface area contributed by atoms with Crippen molar-refractivity contribution in [2.24, 2.45) is 0 Å². The number of nitrogens with one attached hydrogen (secondary N) is 2. The molecule has 3 aliphatic heterocycles. The number of H-pyrrole nitrogens is 1. The van der Waals surface area contributed by atoms with Gasteiger partial charge in [0.1, 0.15) is 29.9 Å². The molecular formula is C29H34ClFN6O5. The molecule has 11 nitrogen and oxygen atoms in total. The zero-order valence-electron chi connectivity index (χ0n) is 23.3. The van der Waals surface area contributed by atoms with Crippen molar-refractivity contribution in [3.8, 4) is 6.01 Å². The average molecular weight is 601 g/mol. The second kappa shape index (κ2) is 11.2. The predicted molar refractivity (Wildman–Crippen MR) is 153 cm³/mol. The third kappa shape index (κ3) is 5.19. The highest BCUT2D eigenvalue weighted by Crippen LogP contribution is 2.38. The maximum Gasteiger partial charge on any atom is 0.296 e. The van der Waals surface area contributed by atoms with Crippen LogP contribution in [0.3, 0.4) is 0 Å². The van der Waals surface area contributed by atoms with E-state index in [2.05, 4.69) is 25.2 Å². The van der Waals surface area contributed by atoms with Crippen molar-refractivity contribution in [2.45, 2.75) is 56.1 Å². The van der Waals surface area contributed by atoms with Crippen molar-refractivity contribution in [1.82, 2.24) is 24.8 Å². The smallest absolute Gasteiger partial charge is 0.296 e. The molecule has 3 N–H and O–H groups in total. The Morgan fingerprint density at radius 3 is 2.88 bits per heavy atom. The minimum absolute atomic E-state index is 0.172. The van der Waals surface area contributed by atoms with Gasteiger partial charge >= 0.3 is 0 Å². The molecule has 224 valence electrons. The molecule has 0 saturated carbocycles. The van der Waals surface area contributed by atoms with Crippen LogP contribution in [0.1, 0.15) is 46.8 Å². The number of likely N-dealkylation sites (N-methyl/N-ethyl adjacent to an activating group) is 1. The molecule has 0 bridgehead atoms. The van der Waals surface area contributed by atoms with Crippen LogP contribution in [0.15, 0.2) is 18.2 Å². The number of rotatable bonds is 8. The molecule has 4 aliphatic rings. The number of aliphatic hydroxyl groups excluding tert-OH is 1. The van der Waals surface area contributed by atoms with Crippen LogP contribution in [-0.2, 0) is 15.9 Å². The van der Waals surface area contributed by atoms with E-state index in [-0.39, 0.29) is 37.3 Å². The van der Waals surface area contributed by atoms with Crippen molar-refractivity contribution < 1.29 is 28.5 Å². The van der Waals surface area contributed by atoms with E-state index in [4.69, 9.17) is 25.8 Å². The molecule has 3 saturated heterocycles. The number of carbonyl (C=O) groups excluding carboxylic acids is 1. The van der Waals surface area contributed by atoms with Crippen LogP contribution in [0.2, 0.25) is 5.02 Å². The molecule has 1 amide bonds. The molecule has 0 radical (unpaired) electrons. The number of amides is 1. The van der Waals surface area contributed by atoms with Crippen LogP contribution in [0.4, 0.5) is 10.2 Å². The summed E-state index contributed by atoms with van der Waals surface area (Å²) in [5.41, 5.74) is 2.68. The number of fused-ring (bicyclic) bond motifs is 3. The topological polar surface area (TPSA) is 125 Å². The number of benzene rings is 1. The first-order chi connectivity index (χ1) is 20.3. The minimum atomic E-state index is -0.669. The van der Waals surface area contributed by atoms with E-state index in [1.165, 1.54) is 18.9 Å². The Hall–Kier alpha value is -3.03. The van der Waals surface area contributed by atoms with Crippen LogP contribution in [0.5, 0.6) is 6.01 Å².